The minimum atomic E-state index is -4.82. The number of aliphatic carboxylic acids is 1. The molecule has 3 N–H and O–H groups in total. The van der Waals surface area contributed by atoms with E-state index >= 15 is 0 Å². The van der Waals surface area contributed by atoms with Gasteiger partial charge in [0, 0.05) is 108 Å². The Morgan fingerprint density at radius 1 is 1.00 bits per heavy atom. The molecule has 0 atom stereocenters. The number of hydrogen-bond donors (Lipinski definition) is 3. The molecule has 6 heterocycles. The number of halogens is 4. The number of quaternary nitrogens is 1. The number of alkyl halides is 3. The summed E-state index contributed by atoms with van der Waals surface area (Å²) in [4.78, 5) is 63.5. The number of nitrogens with one attached hydrogen (secondary N) is 3. The minimum absolute atomic E-state index is 0.0139. The Labute approximate surface area is 336 Å². The van der Waals surface area contributed by atoms with Crippen LogP contribution in [0, 0.1) is 11.8 Å². The number of carboxylic acids is 1. The average Bonchev–Trinajstić information content (AvgIpc) is 3.80. The lowest BCUT2D eigenvalue weighted by molar-refractivity contribution is -0.931. The summed E-state index contributed by atoms with van der Waals surface area (Å²) in [5.41, 5.74) is -0.462. The molecular formula is C38H43ClF3N11O5. The number of rotatable bonds is 11. The fourth-order valence-corrected chi connectivity index (χ4v) is 8.30. The molecular weight excluding hydrogens is 783 g/mol. The number of piperazine rings is 1. The van der Waals surface area contributed by atoms with Gasteiger partial charge in [-0.15, -0.1) is 0 Å². The number of aromatic nitrogens is 5. The van der Waals surface area contributed by atoms with E-state index in [1.54, 1.807) is 22.9 Å². The maximum Gasteiger partial charge on any atom is 0.435 e. The first-order valence-corrected chi connectivity index (χ1v) is 19.3. The van der Waals surface area contributed by atoms with Gasteiger partial charge in [0.05, 0.1) is 53.6 Å². The lowest BCUT2D eigenvalue weighted by Crippen LogP contribution is -2.63. The van der Waals surface area contributed by atoms with Crippen molar-refractivity contribution >= 4 is 46.7 Å². The number of carbonyl (C=O) groups is 4. The fraction of sp³-hybridized carbons (Fsp3) is 0.447. The second-order valence-corrected chi connectivity index (χ2v) is 15.5. The molecule has 0 radical (unpaired) electrons. The van der Waals surface area contributed by atoms with Crippen molar-refractivity contribution in [3.8, 4) is 17.1 Å². The second-order valence-electron chi connectivity index (χ2n) is 15.1. The van der Waals surface area contributed by atoms with Crippen LogP contribution in [0.5, 0.6) is 0 Å². The van der Waals surface area contributed by atoms with Crippen molar-refractivity contribution in [2.24, 2.45) is 18.9 Å². The van der Waals surface area contributed by atoms with Crippen LogP contribution >= 0.6 is 11.6 Å². The Morgan fingerprint density at radius 2 is 1.71 bits per heavy atom. The van der Waals surface area contributed by atoms with Gasteiger partial charge in [-0.2, -0.15) is 18.3 Å². The number of amides is 3. The number of anilines is 2. The van der Waals surface area contributed by atoms with Crippen LogP contribution in [-0.4, -0.2) is 135 Å². The number of imidazole rings is 1. The normalized spacial score (nSPS) is 20.1. The van der Waals surface area contributed by atoms with Crippen LogP contribution in [0.1, 0.15) is 39.5 Å². The molecule has 7 rings (SSSR count). The summed E-state index contributed by atoms with van der Waals surface area (Å²) in [6, 6.07) is 7.55. The highest BCUT2D eigenvalue weighted by molar-refractivity contribution is 6.34. The molecule has 1 aromatic carbocycles. The summed E-state index contributed by atoms with van der Waals surface area (Å²) in [6.07, 6.45) is 0.133. The molecule has 0 spiro atoms. The summed E-state index contributed by atoms with van der Waals surface area (Å²) in [5, 5.41) is 24.2. The Bertz CT molecular complexity index is 2210. The van der Waals surface area contributed by atoms with Gasteiger partial charge < -0.3 is 44.7 Å². The predicted molar refractivity (Wildman–Crippen MR) is 204 cm³/mol. The van der Waals surface area contributed by atoms with Crippen molar-refractivity contribution in [2.75, 3.05) is 83.1 Å². The quantitative estimate of drug-likeness (QED) is 0.190. The second kappa shape index (κ2) is 16.4. The fourth-order valence-electron chi connectivity index (χ4n) is 8.04. The molecule has 16 nitrogen and oxygen atoms in total. The molecule has 0 unspecified atom stereocenters. The SMILES string of the molecule is CNc1ccnc(-n2cc(-c3cnc(C(=O)Nc4ccc(C(=O)N5CCN(C(=O)C6CC[N+](CC(=O)[O-])(CC7CNC7)CC6)CC5)c(Cl)c4)n3C)c(C(F)(F)F)n2)c1. The molecule has 3 aromatic heterocycles. The van der Waals surface area contributed by atoms with Gasteiger partial charge in [0.1, 0.15) is 6.54 Å². The third-order valence-electron chi connectivity index (χ3n) is 11.3. The topological polar surface area (TPSA) is 182 Å². The van der Waals surface area contributed by atoms with Gasteiger partial charge >= 0.3 is 6.18 Å². The van der Waals surface area contributed by atoms with Crippen LogP contribution < -0.4 is 21.1 Å². The van der Waals surface area contributed by atoms with Gasteiger partial charge in [-0.1, -0.05) is 11.6 Å². The molecule has 4 aromatic rings. The number of hydrogen-bond acceptors (Lipinski definition) is 10. The number of pyridine rings is 1. The van der Waals surface area contributed by atoms with E-state index in [0.29, 0.717) is 68.2 Å². The third kappa shape index (κ3) is 8.51. The van der Waals surface area contributed by atoms with Crippen molar-refractivity contribution < 1.29 is 41.9 Å². The van der Waals surface area contributed by atoms with Gasteiger partial charge in [0.25, 0.3) is 11.8 Å². The molecule has 3 saturated heterocycles. The Hall–Kier alpha value is -5.53. The highest BCUT2D eigenvalue weighted by atomic mass is 35.5. The van der Waals surface area contributed by atoms with E-state index in [1.807, 2.05) is 0 Å². The van der Waals surface area contributed by atoms with Crippen LogP contribution in [0.25, 0.3) is 17.1 Å². The van der Waals surface area contributed by atoms with Crippen LogP contribution in [-0.2, 0) is 22.8 Å². The van der Waals surface area contributed by atoms with Gasteiger partial charge in [0.2, 0.25) is 5.91 Å². The van der Waals surface area contributed by atoms with Crippen molar-refractivity contribution in [1.29, 1.82) is 0 Å². The maximum atomic E-state index is 14.2. The summed E-state index contributed by atoms with van der Waals surface area (Å²) in [6.45, 7) is 4.96. The smallest absolute Gasteiger partial charge is 0.435 e. The zero-order valence-corrected chi connectivity index (χ0v) is 32.6. The largest absolute Gasteiger partial charge is 0.544 e. The monoisotopic (exact) mass is 825 g/mol. The first kappa shape index (κ1) is 40.7. The minimum Gasteiger partial charge on any atom is -0.544 e. The highest BCUT2D eigenvalue weighted by Gasteiger charge is 2.42. The van der Waals surface area contributed by atoms with Crippen molar-refractivity contribution in [2.45, 2.75) is 19.0 Å². The van der Waals surface area contributed by atoms with Crippen LogP contribution in [0.4, 0.5) is 24.5 Å². The zero-order chi connectivity index (χ0) is 41.4. The van der Waals surface area contributed by atoms with E-state index in [1.165, 1.54) is 48.3 Å². The molecule has 0 bridgehead atoms. The molecule has 3 amide bonds. The summed E-state index contributed by atoms with van der Waals surface area (Å²) in [7, 11) is 3.07. The summed E-state index contributed by atoms with van der Waals surface area (Å²) in [5.74, 6) is -1.95. The number of benzene rings is 1. The van der Waals surface area contributed by atoms with E-state index in [9.17, 15) is 37.5 Å². The third-order valence-corrected chi connectivity index (χ3v) is 11.6. The molecule has 0 aliphatic carbocycles. The average molecular weight is 826 g/mol. The van der Waals surface area contributed by atoms with Crippen LogP contribution in [0.3, 0.4) is 0 Å². The summed E-state index contributed by atoms with van der Waals surface area (Å²) >= 11 is 6.55. The zero-order valence-electron chi connectivity index (χ0n) is 31.9. The van der Waals surface area contributed by atoms with E-state index in [0.717, 1.165) is 30.5 Å². The van der Waals surface area contributed by atoms with Gasteiger partial charge in [-0.25, -0.2) is 14.6 Å². The van der Waals surface area contributed by atoms with Gasteiger partial charge in [0.15, 0.2) is 17.3 Å². The lowest BCUT2D eigenvalue weighted by atomic mass is 9.90. The van der Waals surface area contributed by atoms with Gasteiger partial charge in [-0.3, -0.25) is 14.4 Å². The number of carboxylic acid groups (broad SMARTS) is 1. The number of nitrogens with zero attached hydrogens (tertiary/aromatic N) is 8. The van der Waals surface area contributed by atoms with E-state index < -0.39 is 23.7 Å². The Morgan fingerprint density at radius 3 is 2.33 bits per heavy atom. The Kier molecular flexibility index (Phi) is 11.5. The van der Waals surface area contributed by atoms with Gasteiger partial charge in [-0.05, 0) is 24.3 Å². The molecule has 0 saturated carbocycles. The number of piperidine rings is 1. The molecule has 58 heavy (non-hydrogen) atoms. The van der Waals surface area contributed by atoms with Crippen molar-refractivity contribution in [3.05, 3.63) is 71.0 Å². The highest BCUT2D eigenvalue weighted by Crippen LogP contribution is 2.37. The summed E-state index contributed by atoms with van der Waals surface area (Å²) < 4.78 is 45.2. The van der Waals surface area contributed by atoms with E-state index in [2.05, 4.69) is 31.0 Å². The van der Waals surface area contributed by atoms with E-state index in [4.69, 9.17) is 11.6 Å². The standard InChI is InChI=1S/C38H43ClF3N11O5/c1-43-25-5-8-45-31(16-25)52-20-28(33(48-52)38(40,41)42)30-19-46-34(49(30)2)35(56)47-26-3-4-27(29(39)15-26)37(58)51-11-9-50(10-12-51)36(57)24-6-13-53(14-7-24,22-32(54)55)21-23-17-44-18-23/h3-5,8,15-16,19-20,23-24,44H,6-7,9-14,17-18,21-22H2,1-2H3,(H2-,43,45,47,54,55,56,58). The molecule has 3 aliphatic rings. The molecule has 308 valence electrons. The lowest BCUT2D eigenvalue weighted by Gasteiger charge is -2.47. The van der Waals surface area contributed by atoms with E-state index in [-0.39, 0.29) is 63.5 Å². The molecule has 20 heteroatoms. The number of carbonyl (C=O) groups excluding carboxylic acids is 4. The maximum absolute atomic E-state index is 14.2. The van der Waals surface area contributed by atoms with Crippen molar-refractivity contribution in [1.82, 2.24) is 39.4 Å². The van der Waals surface area contributed by atoms with Crippen LogP contribution in [0.15, 0.2) is 48.9 Å². The molecule has 3 fully saturated rings. The van der Waals surface area contributed by atoms with Crippen LogP contribution in [0.2, 0.25) is 5.02 Å². The van der Waals surface area contributed by atoms with Crippen molar-refractivity contribution in [3.63, 3.8) is 0 Å². The first-order valence-electron chi connectivity index (χ1n) is 18.9. The number of likely N-dealkylation sites (tertiary alicyclic amines) is 1. The molecule has 3 aliphatic heterocycles. The predicted octanol–water partition coefficient (Wildman–Crippen LogP) is 2.11. The Balaban J connectivity index is 0.959. The first-order chi connectivity index (χ1) is 27.6.